The number of phenolic OH excluding ortho intramolecular Hbond substituents is 1. The largest absolute Gasteiger partial charge is 1.00 e. The predicted molar refractivity (Wildman–Crippen MR) is 77.5 cm³/mol. The van der Waals surface area contributed by atoms with Crippen molar-refractivity contribution in [3.05, 3.63) is 52.1 Å². The minimum atomic E-state index is 0. The number of hydrogen-bond acceptors (Lipinski definition) is 1. The van der Waals surface area contributed by atoms with Gasteiger partial charge in [0.05, 0.1) is 0 Å². The minimum absolute atomic E-state index is 0. The van der Waals surface area contributed by atoms with Gasteiger partial charge in [0, 0.05) is 21.7 Å². The molecule has 118 valence electrons. The maximum absolute atomic E-state index is 8.99. The van der Waals surface area contributed by atoms with E-state index in [-0.39, 0.29) is 46.5 Å². The second-order valence-corrected chi connectivity index (χ2v) is 5.14. The van der Waals surface area contributed by atoms with Crippen LogP contribution in [-0.4, -0.2) is 5.11 Å². The third kappa shape index (κ3) is 8.11. The number of aromatic hydroxyl groups is 1. The summed E-state index contributed by atoms with van der Waals surface area (Å²) in [7, 11) is 0. The van der Waals surface area contributed by atoms with Crippen molar-refractivity contribution in [2.75, 3.05) is 0 Å². The van der Waals surface area contributed by atoms with Gasteiger partial charge in [-0.2, -0.15) is 11.1 Å². The topological polar surface area (TPSA) is 20.2 Å². The molecule has 1 unspecified atom stereocenters. The fourth-order valence-electron chi connectivity index (χ4n) is 2.11. The molecule has 0 spiro atoms. The Labute approximate surface area is 156 Å². The quantitative estimate of drug-likeness (QED) is 0.451. The number of benzene rings is 1. The van der Waals surface area contributed by atoms with Gasteiger partial charge in [-0.15, -0.1) is 6.92 Å². The van der Waals surface area contributed by atoms with Gasteiger partial charge in [0.25, 0.3) is 0 Å². The maximum Gasteiger partial charge on any atom is 0.116 e. The smallest absolute Gasteiger partial charge is 0.116 e. The Balaban J connectivity index is -0.000000270. The van der Waals surface area contributed by atoms with Gasteiger partial charge in [-0.25, -0.2) is 5.57 Å². The van der Waals surface area contributed by atoms with E-state index < -0.39 is 0 Å². The van der Waals surface area contributed by atoms with Crippen LogP contribution in [0.15, 0.2) is 34.9 Å². The van der Waals surface area contributed by atoms with Crippen LogP contribution in [0.3, 0.4) is 0 Å². The molecule has 1 aromatic carbocycles. The summed E-state index contributed by atoms with van der Waals surface area (Å²) in [5, 5.41) is 8.99. The van der Waals surface area contributed by atoms with Crippen molar-refractivity contribution < 1.29 is 51.6 Å². The Hall–Kier alpha value is -0.206. The van der Waals surface area contributed by atoms with Gasteiger partial charge in [-0.1, -0.05) is 32.8 Å². The van der Waals surface area contributed by atoms with Crippen molar-refractivity contribution in [3.8, 4) is 5.75 Å². The molecule has 1 nitrogen and oxygen atoms in total. The van der Waals surface area contributed by atoms with E-state index in [4.69, 9.17) is 5.11 Å². The van der Waals surface area contributed by atoms with Crippen LogP contribution in [-0.2, 0) is 21.7 Å². The average Bonchev–Trinajstić information content (AvgIpc) is 2.44. The summed E-state index contributed by atoms with van der Waals surface area (Å²) in [6.07, 6.45) is 3.36. The van der Waals surface area contributed by atoms with Crippen molar-refractivity contribution in [1.29, 1.82) is 0 Å². The number of aryl methyl sites for hydroxylation is 2. The number of phenols is 1. The van der Waals surface area contributed by atoms with Crippen LogP contribution in [0.4, 0.5) is 0 Å². The van der Waals surface area contributed by atoms with Crippen LogP contribution in [0.1, 0.15) is 38.8 Å². The molecule has 0 amide bonds. The molecule has 0 aliphatic heterocycles. The summed E-state index contributed by atoms with van der Waals surface area (Å²) in [5.74, 6) is 0.914. The van der Waals surface area contributed by atoms with Gasteiger partial charge >= 0.3 is 0 Å². The van der Waals surface area contributed by atoms with E-state index >= 15 is 0 Å². The van der Waals surface area contributed by atoms with Crippen LogP contribution in [0.25, 0.3) is 0 Å². The Kier molecular flexibility index (Phi) is 13.9. The summed E-state index contributed by atoms with van der Waals surface area (Å²) in [5.41, 5.74) is 6.45. The van der Waals surface area contributed by atoms with Crippen molar-refractivity contribution in [1.82, 2.24) is 0 Å². The zero-order valence-corrected chi connectivity index (χ0v) is 16.6. The third-order valence-electron chi connectivity index (χ3n) is 3.44. The fraction of sp³-hybridized carbons (Fsp3) is 0.412. The normalized spacial score (nSPS) is 15.7. The molecule has 0 bridgehead atoms. The molecule has 1 aromatic rings. The van der Waals surface area contributed by atoms with E-state index in [1.54, 1.807) is 12.1 Å². The first kappa shape index (κ1) is 25.7. The van der Waals surface area contributed by atoms with Crippen molar-refractivity contribution in [2.45, 2.75) is 41.5 Å². The molecule has 0 saturated heterocycles. The summed E-state index contributed by atoms with van der Waals surface area (Å²) in [6, 6.07) is 5.51. The molecule has 1 aliphatic rings. The molecule has 1 N–H and O–H groups in total. The predicted octanol–water partition coefficient (Wildman–Crippen LogP) is -1.26. The second kappa shape index (κ2) is 11.4. The van der Waals surface area contributed by atoms with Crippen LogP contribution in [0, 0.1) is 25.8 Å². The number of hydrogen-bond donors (Lipinski definition) is 1. The number of halogens is 2. The molecular weight excluding hydrogens is 339 g/mol. The molecule has 21 heavy (non-hydrogen) atoms. The van der Waals surface area contributed by atoms with E-state index in [0.29, 0.717) is 11.7 Å². The second-order valence-electron chi connectivity index (χ2n) is 5.14. The van der Waals surface area contributed by atoms with E-state index in [1.807, 2.05) is 19.9 Å². The average molecular weight is 362 g/mol. The first-order valence-corrected chi connectivity index (χ1v) is 6.36. The first-order chi connectivity index (χ1) is 8.31. The summed E-state index contributed by atoms with van der Waals surface area (Å²) in [6.45, 7) is 12.6. The van der Waals surface area contributed by atoms with Crippen LogP contribution in [0.2, 0.25) is 0 Å². The van der Waals surface area contributed by atoms with E-state index in [1.165, 1.54) is 16.7 Å². The fourth-order valence-corrected chi connectivity index (χ4v) is 2.11. The van der Waals surface area contributed by atoms with E-state index in [9.17, 15) is 0 Å². The monoisotopic (exact) mass is 361 g/mol. The Morgan fingerprint density at radius 3 is 1.52 bits per heavy atom. The molecule has 1 aliphatic carbocycles. The van der Waals surface area contributed by atoms with Gasteiger partial charge in [-0.3, -0.25) is 6.08 Å². The molecule has 4 heteroatoms. The van der Waals surface area contributed by atoms with Crippen LogP contribution < -0.4 is 24.8 Å². The number of rotatable bonds is 0. The van der Waals surface area contributed by atoms with Gasteiger partial charge in [-0.05, 0) is 37.1 Å². The van der Waals surface area contributed by atoms with Gasteiger partial charge in [0.1, 0.15) is 5.75 Å². The van der Waals surface area contributed by atoms with Gasteiger partial charge < -0.3 is 29.9 Å². The summed E-state index contributed by atoms with van der Waals surface area (Å²) < 4.78 is 0. The molecule has 0 aromatic heterocycles. The Morgan fingerprint density at radius 1 is 0.905 bits per heavy atom. The summed E-state index contributed by atoms with van der Waals surface area (Å²) in [4.78, 5) is 0. The van der Waals surface area contributed by atoms with Crippen molar-refractivity contribution in [3.63, 3.8) is 0 Å². The summed E-state index contributed by atoms with van der Waals surface area (Å²) >= 11 is 0. The number of allylic oxidation sites excluding steroid dienone is 4. The zero-order chi connectivity index (χ0) is 13.9. The standard InChI is InChI=1S/C9H13.C8H10O.2ClH.Ti/c1-6-5-7(2)9(4)8(6)3;1-6-3-7(2)5-8(9)4-6;;;/h6H,1-4H3;3-5,9H,1-2H3;2*1H;/q-1;;;;/p-2. The zero-order valence-electron chi connectivity index (χ0n) is 13.5. The molecule has 0 heterocycles. The van der Waals surface area contributed by atoms with Crippen LogP contribution >= 0.6 is 0 Å². The Bertz CT molecular complexity index is 457. The molecule has 0 radical (unpaired) electrons. The van der Waals surface area contributed by atoms with E-state index in [2.05, 4.69) is 33.8 Å². The Morgan fingerprint density at radius 2 is 1.33 bits per heavy atom. The van der Waals surface area contributed by atoms with Crippen molar-refractivity contribution >= 4 is 0 Å². The maximum atomic E-state index is 8.99. The molecular formula is C17H23Cl2OTi-3. The molecule has 2 rings (SSSR count). The first-order valence-electron chi connectivity index (χ1n) is 6.36. The van der Waals surface area contributed by atoms with Gasteiger partial charge in [0.15, 0.2) is 0 Å². The SMILES string of the molecule is CC1=[C-]C(C)C(C)=C1C.Cc1cc(C)cc(O)c1.[Cl-].[Cl-].[Ti]. The molecule has 0 fully saturated rings. The molecule has 0 saturated carbocycles. The van der Waals surface area contributed by atoms with Crippen LogP contribution in [0.5, 0.6) is 5.75 Å². The van der Waals surface area contributed by atoms with E-state index in [0.717, 1.165) is 11.1 Å². The van der Waals surface area contributed by atoms with Crippen molar-refractivity contribution in [2.24, 2.45) is 5.92 Å². The van der Waals surface area contributed by atoms with Gasteiger partial charge in [0.2, 0.25) is 0 Å². The third-order valence-corrected chi connectivity index (χ3v) is 3.44. The molecule has 1 atom stereocenters. The minimum Gasteiger partial charge on any atom is -1.00 e.